The molecule has 0 radical (unpaired) electrons. The lowest BCUT2D eigenvalue weighted by Crippen LogP contribution is -2.21. The third-order valence-corrected chi connectivity index (χ3v) is 2.96. The summed E-state index contributed by atoms with van der Waals surface area (Å²) in [6.07, 6.45) is 2.52. The van der Waals surface area contributed by atoms with Gasteiger partial charge in [-0.25, -0.2) is 9.37 Å². The van der Waals surface area contributed by atoms with E-state index < -0.39 is 0 Å². The number of anilines is 2. The zero-order chi connectivity index (χ0) is 14.4. The Morgan fingerprint density at radius 2 is 1.95 bits per heavy atom. The van der Waals surface area contributed by atoms with E-state index in [1.807, 2.05) is 12.1 Å². The van der Waals surface area contributed by atoms with E-state index in [2.05, 4.69) is 9.88 Å². The van der Waals surface area contributed by atoms with Gasteiger partial charge in [-0.1, -0.05) is 0 Å². The molecule has 0 aliphatic carbocycles. The smallest absolute Gasteiger partial charge is 0.214 e. The molecule has 0 aliphatic heterocycles. The van der Waals surface area contributed by atoms with Crippen molar-refractivity contribution in [2.45, 2.75) is 6.42 Å². The van der Waals surface area contributed by atoms with Crippen LogP contribution in [0.25, 0.3) is 0 Å². The van der Waals surface area contributed by atoms with E-state index in [1.54, 1.807) is 25.4 Å². The summed E-state index contributed by atoms with van der Waals surface area (Å²) in [5, 5.41) is 0. The first-order valence-corrected chi connectivity index (χ1v) is 6.48. The van der Waals surface area contributed by atoms with Gasteiger partial charge in [-0.15, -0.1) is 0 Å². The molecule has 0 saturated carbocycles. The number of pyridine rings is 1. The van der Waals surface area contributed by atoms with Gasteiger partial charge in [-0.3, -0.25) is 0 Å². The largest absolute Gasteiger partial charge is 0.481 e. The molecular weight excluding hydrogens is 257 g/mol. The Bertz CT molecular complexity index is 545. The summed E-state index contributed by atoms with van der Waals surface area (Å²) in [5.74, 6) is 0.294. The standard InChI is InChI=1S/C15H18FN3O/c1-20-15-11-14(7-9-18-15)19(10-2-8-17)13-5-3-12(16)4-6-13/h3-7,9,11H,2,8,10,17H2,1H3. The highest BCUT2D eigenvalue weighted by Gasteiger charge is 2.10. The molecule has 2 N–H and O–H groups in total. The second-order valence-corrected chi connectivity index (χ2v) is 4.33. The average Bonchev–Trinajstić information content (AvgIpc) is 2.49. The van der Waals surface area contributed by atoms with Gasteiger partial charge in [0.15, 0.2) is 0 Å². The predicted molar refractivity (Wildman–Crippen MR) is 77.9 cm³/mol. The van der Waals surface area contributed by atoms with Crippen LogP contribution in [0.2, 0.25) is 0 Å². The van der Waals surface area contributed by atoms with Gasteiger partial charge < -0.3 is 15.4 Å². The second kappa shape index (κ2) is 6.86. The molecule has 1 aromatic heterocycles. The number of nitrogens with zero attached hydrogens (tertiary/aromatic N) is 2. The van der Waals surface area contributed by atoms with Crippen LogP contribution in [0.1, 0.15) is 6.42 Å². The minimum Gasteiger partial charge on any atom is -0.481 e. The van der Waals surface area contributed by atoms with E-state index in [-0.39, 0.29) is 5.82 Å². The molecule has 5 heteroatoms. The van der Waals surface area contributed by atoms with Crippen molar-refractivity contribution in [3.05, 3.63) is 48.4 Å². The lowest BCUT2D eigenvalue weighted by Gasteiger charge is -2.25. The fourth-order valence-corrected chi connectivity index (χ4v) is 1.96. The Morgan fingerprint density at radius 1 is 1.20 bits per heavy atom. The third-order valence-electron chi connectivity index (χ3n) is 2.96. The molecule has 0 amide bonds. The van der Waals surface area contributed by atoms with Crippen molar-refractivity contribution < 1.29 is 9.13 Å². The van der Waals surface area contributed by atoms with Crippen LogP contribution < -0.4 is 15.4 Å². The first-order valence-electron chi connectivity index (χ1n) is 6.48. The molecule has 4 nitrogen and oxygen atoms in total. The molecule has 0 spiro atoms. The third kappa shape index (κ3) is 3.45. The molecule has 0 atom stereocenters. The Morgan fingerprint density at radius 3 is 2.60 bits per heavy atom. The quantitative estimate of drug-likeness (QED) is 0.880. The minimum atomic E-state index is -0.250. The molecule has 0 unspecified atom stereocenters. The number of benzene rings is 1. The molecule has 1 aromatic carbocycles. The highest BCUT2D eigenvalue weighted by molar-refractivity contribution is 5.63. The van der Waals surface area contributed by atoms with Crippen molar-refractivity contribution in [3.63, 3.8) is 0 Å². The SMILES string of the molecule is COc1cc(N(CCCN)c2ccc(F)cc2)ccn1. The number of rotatable bonds is 6. The summed E-state index contributed by atoms with van der Waals surface area (Å²) in [6.45, 7) is 1.34. The summed E-state index contributed by atoms with van der Waals surface area (Å²) in [4.78, 5) is 6.16. The van der Waals surface area contributed by atoms with E-state index in [0.29, 0.717) is 12.4 Å². The molecule has 2 rings (SSSR count). The van der Waals surface area contributed by atoms with Crippen LogP contribution in [0.5, 0.6) is 5.88 Å². The molecule has 0 bridgehead atoms. The van der Waals surface area contributed by atoms with Crippen LogP contribution in [0.15, 0.2) is 42.6 Å². The van der Waals surface area contributed by atoms with Crippen LogP contribution in [0, 0.1) is 5.82 Å². The Hall–Kier alpha value is -2.14. The van der Waals surface area contributed by atoms with Gasteiger partial charge >= 0.3 is 0 Å². The highest BCUT2D eigenvalue weighted by Crippen LogP contribution is 2.27. The number of halogens is 1. The number of hydrogen-bond acceptors (Lipinski definition) is 4. The fourth-order valence-electron chi connectivity index (χ4n) is 1.96. The van der Waals surface area contributed by atoms with Gasteiger partial charge in [-0.2, -0.15) is 0 Å². The van der Waals surface area contributed by atoms with Gasteiger partial charge in [0.1, 0.15) is 5.82 Å². The van der Waals surface area contributed by atoms with Crippen molar-refractivity contribution in [1.29, 1.82) is 0 Å². The van der Waals surface area contributed by atoms with Crippen molar-refractivity contribution in [3.8, 4) is 5.88 Å². The second-order valence-electron chi connectivity index (χ2n) is 4.33. The molecular formula is C15H18FN3O. The first-order chi connectivity index (χ1) is 9.74. The lowest BCUT2D eigenvalue weighted by atomic mass is 10.2. The lowest BCUT2D eigenvalue weighted by molar-refractivity contribution is 0.398. The topological polar surface area (TPSA) is 51.4 Å². The Kier molecular flexibility index (Phi) is 4.90. The summed E-state index contributed by atoms with van der Waals surface area (Å²) in [6, 6.07) is 10.1. The normalized spacial score (nSPS) is 10.3. The van der Waals surface area contributed by atoms with Crippen LogP contribution in [-0.4, -0.2) is 25.2 Å². The first kappa shape index (κ1) is 14.3. The van der Waals surface area contributed by atoms with E-state index in [4.69, 9.17) is 10.5 Å². The monoisotopic (exact) mass is 275 g/mol. The van der Waals surface area contributed by atoms with Gasteiger partial charge in [0.2, 0.25) is 5.88 Å². The van der Waals surface area contributed by atoms with E-state index in [1.165, 1.54) is 12.1 Å². The van der Waals surface area contributed by atoms with Gasteiger partial charge in [0.25, 0.3) is 0 Å². The van der Waals surface area contributed by atoms with Crippen molar-refractivity contribution >= 4 is 11.4 Å². The zero-order valence-electron chi connectivity index (χ0n) is 11.4. The van der Waals surface area contributed by atoms with Gasteiger partial charge in [-0.05, 0) is 43.3 Å². The molecule has 106 valence electrons. The molecule has 20 heavy (non-hydrogen) atoms. The van der Waals surface area contributed by atoms with Gasteiger partial charge in [0.05, 0.1) is 7.11 Å². The highest BCUT2D eigenvalue weighted by atomic mass is 19.1. The average molecular weight is 275 g/mol. The maximum Gasteiger partial charge on any atom is 0.214 e. The Balaban J connectivity index is 2.32. The Labute approximate surface area is 118 Å². The summed E-state index contributed by atoms with van der Waals surface area (Å²) < 4.78 is 18.2. The minimum absolute atomic E-state index is 0.250. The van der Waals surface area contributed by atoms with Gasteiger partial charge in [0, 0.05) is 30.2 Å². The van der Waals surface area contributed by atoms with E-state index in [0.717, 1.165) is 24.3 Å². The van der Waals surface area contributed by atoms with Crippen molar-refractivity contribution in [2.24, 2.45) is 5.73 Å². The van der Waals surface area contributed by atoms with Crippen LogP contribution in [-0.2, 0) is 0 Å². The van der Waals surface area contributed by atoms with E-state index >= 15 is 0 Å². The summed E-state index contributed by atoms with van der Waals surface area (Å²) in [7, 11) is 1.58. The number of ether oxygens (including phenoxy) is 1. The summed E-state index contributed by atoms with van der Waals surface area (Å²) >= 11 is 0. The number of hydrogen-bond donors (Lipinski definition) is 1. The van der Waals surface area contributed by atoms with Crippen LogP contribution >= 0.6 is 0 Å². The number of methoxy groups -OCH3 is 1. The van der Waals surface area contributed by atoms with Crippen LogP contribution in [0.3, 0.4) is 0 Å². The van der Waals surface area contributed by atoms with Crippen molar-refractivity contribution in [2.75, 3.05) is 25.1 Å². The predicted octanol–water partition coefficient (Wildman–Crippen LogP) is 2.72. The van der Waals surface area contributed by atoms with Crippen LogP contribution in [0.4, 0.5) is 15.8 Å². The maximum absolute atomic E-state index is 13.1. The molecule has 2 aromatic rings. The molecule has 1 heterocycles. The molecule has 0 aliphatic rings. The number of nitrogens with two attached hydrogens (primary N) is 1. The molecule has 0 saturated heterocycles. The van der Waals surface area contributed by atoms with Crippen molar-refractivity contribution in [1.82, 2.24) is 4.98 Å². The fraction of sp³-hybridized carbons (Fsp3) is 0.267. The van der Waals surface area contributed by atoms with E-state index in [9.17, 15) is 4.39 Å². The summed E-state index contributed by atoms with van der Waals surface area (Å²) in [5.41, 5.74) is 7.44. The number of aromatic nitrogens is 1. The zero-order valence-corrected chi connectivity index (χ0v) is 11.4. The molecule has 0 fully saturated rings. The maximum atomic E-state index is 13.1.